The molecule has 122 valence electrons. The average Bonchev–Trinajstić information content (AvgIpc) is 2.51. The van der Waals surface area contributed by atoms with E-state index in [1.165, 1.54) is 11.1 Å². The van der Waals surface area contributed by atoms with E-state index in [0.717, 1.165) is 5.75 Å². The summed E-state index contributed by atoms with van der Waals surface area (Å²) in [6.07, 6.45) is 0. The molecule has 2 aromatic carbocycles. The van der Waals surface area contributed by atoms with Crippen LogP contribution in [-0.4, -0.2) is 19.2 Å². The van der Waals surface area contributed by atoms with Gasteiger partial charge in [0.15, 0.2) is 0 Å². The number of hydrogen-bond acceptors (Lipinski definition) is 2. The first-order valence-electron chi connectivity index (χ1n) is 7.15. The maximum absolute atomic E-state index is 11.8. The van der Waals surface area contributed by atoms with Gasteiger partial charge in [0, 0.05) is 5.69 Å². The van der Waals surface area contributed by atoms with E-state index in [2.05, 4.69) is 10.6 Å². The quantitative estimate of drug-likeness (QED) is 0.758. The van der Waals surface area contributed by atoms with Crippen LogP contribution in [0.4, 0.5) is 10.5 Å². The summed E-state index contributed by atoms with van der Waals surface area (Å²) in [7, 11) is 0. The van der Waals surface area contributed by atoms with E-state index in [4.69, 9.17) is 27.9 Å². The van der Waals surface area contributed by atoms with Gasteiger partial charge in [-0.05, 0) is 55.3 Å². The number of nitrogens with one attached hydrogen (secondary N) is 2. The minimum absolute atomic E-state index is 0.327. The number of hydrogen-bond donors (Lipinski definition) is 2. The third-order valence-corrected chi connectivity index (χ3v) is 4.05. The fourth-order valence-corrected chi connectivity index (χ4v) is 2.18. The summed E-state index contributed by atoms with van der Waals surface area (Å²) >= 11 is 11.7. The fourth-order valence-electron chi connectivity index (χ4n) is 1.89. The highest BCUT2D eigenvalue weighted by Gasteiger charge is 2.04. The first kappa shape index (κ1) is 17.4. The number of benzene rings is 2. The van der Waals surface area contributed by atoms with E-state index >= 15 is 0 Å². The molecule has 23 heavy (non-hydrogen) atoms. The van der Waals surface area contributed by atoms with E-state index in [0.29, 0.717) is 28.9 Å². The predicted molar refractivity (Wildman–Crippen MR) is 94.9 cm³/mol. The van der Waals surface area contributed by atoms with Gasteiger partial charge in [-0.15, -0.1) is 0 Å². The first-order chi connectivity index (χ1) is 11.0. The van der Waals surface area contributed by atoms with Gasteiger partial charge in [-0.1, -0.05) is 29.3 Å². The van der Waals surface area contributed by atoms with Crippen LogP contribution in [0.15, 0.2) is 36.4 Å². The molecular formula is C17H18Cl2N2O2. The van der Waals surface area contributed by atoms with Crippen molar-refractivity contribution >= 4 is 34.9 Å². The van der Waals surface area contributed by atoms with Crippen LogP contribution >= 0.6 is 23.2 Å². The summed E-state index contributed by atoms with van der Waals surface area (Å²) in [6.45, 7) is 4.86. The highest BCUT2D eigenvalue weighted by molar-refractivity contribution is 6.42. The highest BCUT2D eigenvalue weighted by Crippen LogP contribution is 2.24. The zero-order chi connectivity index (χ0) is 16.8. The van der Waals surface area contributed by atoms with Gasteiger partial charge in [0.1, 0.15) is 12.4 Å². The third kappa shape index (κ3) is 5.34. The molecule has 0 radical (unpaired) electrons. The summed E-state index contributed by atoms with van der Waals surface area (Å²) in [5.41, 5.74) is 2.97. The molecule has 0 atom stereocenters. The number of carbonyl (C=O) groups is 1. The Balaban J connectivity index is 1.74. The van der Waals surface area contributed by atoms with Crippen molar-refractivity contribution < 1.29 is 9.53 Å². The minimum Gasteiger partial charge on any atom is -0.492 e. The van der Waals surface area contributed by atoms with Crippen LogP contribution in [0.3, 0.4) is 0 Å². The van der Waals surface area contributed by atoms with Crippen LogP contribution < -0.4 is 15.4 Å². The molecule has 0 spiro atoms. The maximum Gasteiger partial charge on any atom is 0.319 e. The number of rotatable bonds is 5. The summed E-state index contributed by atoms with van der Waals surface area (Å²) in [5.74, 6) is 0.791. The van der Waals surface area contributed by atoms with Crippen molar-refractivity contribution in [2.75, 3.05) is 18.5 Å². The molecule has 0 aliphatic rings. The average molecular weight is 353 g/mol. The van der Waals surface area contributed by atoms with Crippen molar-refractivity contribution in [1.29, 1.82) is 0 Å². The van der Waals surface area contributed by atoms with Crippen molar-refractivity contribution in [2.24, 2.45) is 0 Å². The van der Waals surface area contributed by atoms with Crippen molar-refractivity contribution in [3.05, 3.63) is 57.6 Å². The molecule has 0 bridgehead atoms. The molecule has 0 heterocycles. The molecule has 0 saturated carbocycles. The van der Waals surface area contributed by atoms with Gasteiger partial charge >= 0.3 is 6.03 Å². The normalized spacial score (nSPS) is 10.3. The molecule has 2 aromatic rings. The largest absolute Gasteiger partial charge is 0.492 e. The lowest BCUT2D eigenvalue weighted by Gasteiger charge is -2.10. The minimum atomic E-state index is -0.327. The van der Waals surface area contributed by atoms with E-state index in [1.54, 1.807) is 18.2 Å². The highest BCUT2D eigenvalue weighted by atomic mass is 35.5. The van der Waals surface area contributed by atoms with Gasteiger partial charge in [0.05, 0.1) is 16.6 Å². The van der Waals surface area contributed by atoms with E-state index in [-0.39, 0.29) is 6.03 Å². The molecule has 0 aliphatic heterocycles. The Kier molecular flexibility index (Phi) is 6.13. The monoisotopic (exact) mass is 352 g/mol. The Morgan fingerprint density at radius 2 is 1.83 bits per heavy atom. The molecule has 0 saturated heterocycles. The number of anilines is 1. The molecule has 0 aromatic heterocycles. The van der Waals surface area contributed by atoms with Gasteiger partial charge in [0.2, 0.25) is 0 Å². The molecule has 4 nitrogen and oxygen atoms in total. The van der Waals surface area contributed by atoms with Crippen LogP contribution in [-0.2, 0) is 0 Å². The Hall–Kier alpha value is -1.91. The van der Waals surface area contributed by atoms with Gasteiger partial charge in [0.25, 0.3) is 0 Å². The SMILES string of the molecule is Cc1ccc(OCCNC(=O)Nc2ccc(Cl)c(Cl)c2)cc1C. The van der Waals surface area contributed by atoms with Gasteiger partial charge < -0.3 is 15.4 Å². The number of aryl methyl sites for hydroxylation is 2. The molecule has 6 heteroatoms. The third-order valence-electron chi connectivity index (χ3n) is 3.31. The van der Waals surface area contributed by atoms with Gasteiger partial charge in [-0.3, -0.25) is 0 Å². The number of urea groups is 1. The van der Waals surface area contributed by atoms with Crippen molar-refractivity contribution in [1.82, 2.24) is 5.32 Å². The summed E-state index contributed by atoms with van der Waals surface area (Å²) in [6, 6.07) is 10.5. The molecule has 0 aliphatic carbocycles. The lowest BCUT2D eigenvalue weighted by molar-refractivity contribution is 0.247. The topological polar surface area (TPSA) is 50.4 Å². The molecular weight excluding hydrogens is 335 g/mol. The van der Waals surface area contributed by atoms with Crippen LogP contribution in [0, 0.1) is 13.8 Å². The maximum atomic E-state index is 11.8. The summed E-state index contributed by atoms with van der Waals surface area (Å²) in [4.78, 5) is 11.8. The summed E-state index contributed by atoms with van der Waals surface area (Å²) in [5, 5.41) is 6.22. The number of ether oxygens (including phenoxy) is 1. The smallest absolute Gasteiger partial charge is 0.319 e. The second-order valence-electron chi connectivity index (χ2n) is 5.10. The van der Waals surface area contributed by atoms with Crippen molar-refractivity contribution in [3.8, 4) is 5.75 Å². The zero-order valence-corrected chi connectivity index (χ0v) is 14.5. The number of halogens is 2. The van der Waals surface area contributed by atoms with Crippen LogP contribution in [0.5, 0.6) is 5.75 Å². The fraction of sp³-hybridized carbons (Fsp3) is 0.235. The Morgan fingerprint density at radius 3 is 2.52 bits per heavy atom. The lowest BCUT2D eigenvalue weighted by Crippen LogP contribution is -2.32. The molecule has 2 N–H and O–H groups in total. The molecule has 2 rings (SSSR count). The predicted octanol–water partition coefficient (Wildman–Crippen LogP) is 4.81. The number of carbonyl (C=O) groups excluding carboxylic acids is 1. The summed E-state index contributed by atoms with van der Waals surface area (Å²) < 4.78 is 5.60. The van der Waals surface area contributed by atoms with Crippen molar-refractivity contribution in [2.45, 2.75) is 13.8 Å². The van der Waals surface area contributed by atoms with Gasteiger partial charge in [-0.25, -0.2) is 4.79 Å². The standard InChI is InChI=1S/C17H18Cl2N2O2/c1-11-3-5-14(9-12(11)2)23-8-7-20-17(22)21-13-4-6-15(18)16(19)10-13/h3-6,9-10H,7-8H2,1-2H3,(H2,20,21,22). The van der Waals surface area contributed by atoms with E-state index in [9.17, 15) is 4.79 Å². The molecule has 0 fully saturated rings. The van der Waals surface area contributed by atoms with Crippen molar-refractivity contribution in [3.63, 3.8) is 0 Å². The van der Waals surface area contributed by atoms with Crippen LogP contribution in [0.25, 0.3) is 0 Å². The first-order valence-corrected chi connectivity index (χ1v) is 7.91. The van der Waals surface area contributed by atoms with Crippen LogP contribution in [0.1, 0.15) is 11.1 Å². The van der Waals surface area contributed by atoms with Gasteiger partial charge in [-0.2, -0.15) is 0 Å². The van der Waals surface area contributed by atoms with E-state index in [1.807, 2.05) is 32.0 Å². The Morgan fingerprint density at radius 1 is 1.04 bits per heavy atom. The molecule has 2 amide bonds. The van der Waals surface area contributed by atoms with Crippen LogP contribution in [0.2, 0.25) is 10.0 Å². The second-order valence-corrected chi connectivity index (χ2v) is 5.92. The molecule has 0 unspecified atom stereocenters. The number of amides is 2. The zero-order valence-electron chi connectivity index (χ0n) is 13.0. The lowest BCUT2D eigenvalue weighted by atomic mass is 10.1. The van der Waals surface area contributed by atoms with E-state index < -0.39 is 0 Å². The Labute approximate surface area is 145 Å². The Bertz CT molecular complexity index is 705. The second kappa shape index (κ2) is 8.09.